The summed E-state index contributed by atoms with van der Waals surface area (Å²) >= 11 is 11.9. The molecule has 2 N–H and O–H groups in total. The number of allylic oxidation sites excluding steroid dienone is 2. The molecule has 1 aliphatic heterocycles. The first-order chi connectivity index (χ1) is 12.9. The summed E-state index contributed by atoms with van der Waals surface area (Å²) in [5.41, 5.74) is 1.87. The van der Waals surface area contributed by atoms with Gasteiger partial charge in [0, 0.05) is 22.5 Å². The number of ether oxygens (including phenoxy) is 1. The standard InChI is InChI=1S/C20H15Cl2NO4/c21-10-4-6-14(16(22)8-10)20(26)27-11-5-7-17-15(9-11)12-2-1-3-13(12)18(23-17)19(24)25/h1-2,4-9,12-13,18,23H,3H2,(H,24,25)/t12-,13-,18-/m0/s1. The molecule has 7 heteroatoms. The minimum absolute atomic E-state index is 0.0277. The number of carboxylic acid groups (broad SMARTS) is 1. The molecule has 1 aliphatic carbocycles. The predicted molar refractivity (Wildman–Crippen MR) is 103 cm³/mol. The van der Waals surface area contributed by atoms with Gasteiger partial charge in [-0.1, -0.05) is 35.4 Å². The van der Waals surface area contributed by atoms with E-state index >= 15 is 0 Å². The molecule has 2 aliphatic rings. The van der Waals surface area contributed by atoms with E-state index in [2.05, 4.69) is 5.32 Å². The summed E-state index contributed by atoms with van der Waals surface area (Å²) in [7, 11) is 0. The van der Waals surface area contributed by atoms with Crippen molar-refractivity contribution < 1.29 is 19.4 Å². The average Bonchev–Trinajstić information content (AvgIpc) is 3.10. The van der Waals surface area contributed by atoms with Crippen LogP contribution in [0.15, 0.2) is 48.6 Å². The molecule has 0 saturated heterocycles. The molecule has 27 heavy (non-hydrogen) atoms. The number of nitrogens with one attached hydrogen (secondary N) is 1. The van der Waals surface area contributed by atoms with Crippen LogP contribution >= 0.6 is 23.2 Å². The van der Waals surface area contributed by atoms with Gasteiger partial charge >= 0.3 is 11.9 Å². The number of esters is 1. The molecule has 2 aromatic carbocycles. The fourth-order valence-electron chi connectivity index (χ4n) is 3.70. The summed E-state index contributed by atoms with van der Waals surface area (Å²) in [6, 6.07) is 9.07. The van der Waals surface area contributed by atoms with E-state index in [4.69, 9.17) is 27.9 Å². The smallest absolute Gasteiger partial charge is 0.345 e. The Kier molecular flexibility index (Phi) is 4.58. The van der Waals surface area contributed by atoms with Crippen molar-refractivity contribution >= 4 is 40.8 Å². The van der Waals surface area contributed by atoms with Crippen LogP contribution in [0.5, 0.6) is 5.75 Å². The van der Waals surface area contributed by atoms with E-state index < -0.39 is 18.0 Å². The molecule has 0 fully saturated rings. The van der Waals surface area contributed by atoms with Crippen molar-refractivity contribution in [1.29, 1.82) is 0 Å². The molecule has 0 saturated carbocycles. The summed E-state index contributed by atoms with van der Waals surface area (Å²) < 4.78 is 5.48. The summed E-state index contributed by atoms with van der Waals surface area (Å²) in [5, 5.41) is 13.2. The molecule has 0 aromatic heterocycles. The lowest BCUT2D eigenvalue weighted by molar-refractivity contribution is -0.139. The van der Waals surface area contributed by atoms with Gasteiger partial charge < -0.3 is 15.2 Å². The highest BCUT2D eigenvalue weighted by molar-refractivity contribution is 6.36. The lowest BCUT2D eigenvalue weighted by Crippen LogP contribution is -2.41. The molecular formula is C20H15Cl2NO4. The number of halogens is 2. The van der Waals surface area contributed by atoms with Gasteiger partial charge in [0.1, 0.15) is 11.8 Å². The molecule has 5 nitrogen and oxygen atoms in total. The third-order valence-electron chi connectivity index (χ3n) is 4.96. The molecule has 2 aromatic rings. The molecule has 138 valence electrons. The highest BCUT2D eigenvalue weighted by Crippen LogP contribution is 2.45. The topological polar surface area (TPSA) is 75.6 Å². The van der Waals surface area contributed by atoms with Gasteiger partial charge in [-0.25, -0.2) is 9.59 Å². The molecule has 0 bridgehead atoms. The minimum atomic E-state index is -0.868. The van der Waals surface area contributed by atoms with E-state index in [9.17, 15) is 14.7 Å². The number of carbonyl (C=O) groups is 2. The third-order valence-corrected chi connectivity index (χ3v) is 5.51. The Morgan fingerprint density at radius 1 is 1.15 bits per heavy atom. The summed E-state index contributed by atoms with van der Waals surface area (Å²) in [4.78, 5) is 24.0. The van der Waals surface area contributed by atoms with Gasteiger partial charge in [0.25, 0.3) is 0 Å². The molecule has 0 spiro atoms. The number of benzene rings is 2. The molecule has 0 amide bonds. The fourth-order valence-corrected chi connectivity index (χ4v) is 4.18. The summed E-state index contributed by atoms with van der Waals surface area (Å²) in [6.07, 6.45) is 4.70. The summed E-state index contributed by atoms with van der Waals surface area (Å²) in [6.45, 7) is 0. The minimum Gasteiger partial charge on any atom is -0.480 e. The number of carbonyl (C=O) groups excluding carboxylic acids is 1. The molecule has 3 atom stereocenters. The summed E-state index contributed by atoms with van der Waals surface area (Å²) in [5.74, 6) is -1.17. The maximum atomic E-state index is 12.4. The molecule has 4 rings (SSSR count). The Morgan fingerprint density at radius 3 is 2.70 bits per heavy atom. The second-order valence-electron chi connectivity index (χ2n) is 6.58. The van der Waals surface area contributed by atoms with Crippen LogP contribution in [0.25, 0.3) is 0 Å². The van der Waals surface area contributed by atoms with E-state index in [0.29, 0.717) is 17.2 Å². The van der Waals surface area contributed by atoms with Crippen molar-refractivity contribution in [2.45, 2.75) is 18.4 Å². The van der Waals surface area contributed by atoms with Crippen molar-refractivity contribution in [2.75, 3.05) is 5.32 Å². The van der Waals surface area contributed by atoms with Crippen molar-refractivity contribution in [3.8, 4) is 5.75 Å². The molecule has 0 radical (unpaired) electrons. The monoisotopic (exact) mass is 403 g/mol. The second-order valence-corrected chi connectivity index (χ2v) is 7.42. The number of carboxylic acids is 1. The zero-order valence-corrected chi connectivity index (χ0v) is 15.5. The van der Waals surface area contributed by atoms with Crippen LogP contribution in [-0.4, -0.2) is 23.1 Å². The largest absolute Gasteiger partial charge is 0.480 e. The van der Waals surface area contributed by atoms with Gasteiger partial charge in [0.05, 0.1) is 10.6 Å². The van der Waals surface area contributed by atoms with Gasteiger partial charge in [0.2, 0.25) is 0 Å². The number of anilines is 1. The quantitative estimate of drug-likeness (QED) is 0.439. The van der Waals surface area contributed by atoms with Gasteiger partial charge in [-0.2, -0.15) is 0 Å². The number of hydrogen-bond donors (Lipinski definition) is 2. The van der Waals surface area contributed by atoms with E-state index in [1.165, 1.54) is 12.1 Å². The van der Waals surface area contributed by atoms with Crippen molar-refractivity contribution in [2.24, 2.45) is 5.92 Å². The molecule has 1 heterocycles. The van der Waals surface area contributed by atoms with Crippen molar-refractivity contribution in [1.82, 2.24) is 0 Å². The number of fused-ring (bicyclic) bond motifs is 3. The Morgan fingerprint density at radius 2 is 1.96 bits per heavy atom. The molecule has 0 unspecified atom stereocenters. The van der Waals surface area contributed by atoms with Gasteiger partial charge in [-0.3, -0.25) is 0 Å². The number of aliphatic carboxylic acids is 1. The Balaban J connectivity index is 1.62. The Bertz CT molecular complexity index is 972. The zero-order valence-electron chi connectivity index (χ0n) is 14.0. The highest BCUT2D eigenvalue weighted by Gasteiger charge is 2.40. The van der Waals surface area contributed by atoms with Crippen molar-refractivity contribution in [3.05, 3.63) is 69.7 Å². The predicted octanol–water partition coefficient (Wildman–Crippen LogP) is 4.75. The van der Waals surface area contributed by atoms with E-state index in [1.54, 1.807) is 24.3 Å². The first-order valence-corrected chi connectivity index (χ1v) is 9.17. The van der Waals surface area contributed by atoms with E-state index in [-0.39, 0.29) is 22.4 Å². The van der Waals surface area contributed by atoms with Crippen LogP contribution in [-0.2, 0) is 4.79 Å². The van der Waals surface area contributed by atoms with E-state index in [0.717, 1.165) is 11.3 Å². The lowest BCUT2D eigenvalue weighted by Gasteiger charge is -2.34. The fraction of sp³-hybridized carbons (Fsp3) is 0.200. The van der Waals surface area contributed by atoms with E-state index in [1.807, 2.05) is 12.2 Å². The highest BCUT2D eigenvalue weighted by atomic mass is 35.5. The SMILES string of the molecule is O=C(Oc1ccc2c(c1)[C@H]1C=CC[C@@H]1[C@@H](C(=O)O)N2)c1ccc(Cl)cc1Cl. The van der Waals surface area contributed by atoms with Crippen molar-refractivity contribution in [3.63, 3.8) is 0 Å². The van der Waals surface area contributed by atoms with Gasteiger partial charge in [-0.05, 0) is 48.4 Å². The maximum absolute atomic E-state index is 12.4. The number of rotatable bonds is 3. The Hall–Kier alpha value is -2.50. The third kappa shape index (κ3) is 3.29. The molecular weight excluding hydrogens is 389 g/mol. The second kappa shape index (κ2) is 6.91. The van der Waals surface area contributed by atoms with Gasteiger partial charge in [-0.15, -0.1) is 0 Å². The van der Waals surface area contributed by atoms with Gasteiger partial charge in [0.15, 0.2) is 0 Å². The first-order valence-electron chi connectivity index (χ1n) is 8.41. The average molecular weight is 404 g/mol. The first kappa shape index (κ1) is 17.9. The Labute approximate surface area is 165 Å². The van der Waals surface area contributed by atoms with Crippen LogP contribution in [0.2, 0.25) is 10.0 Å². The number of hydrogen-bond acceptors (Lipinski definition) is 4. The van der Waals surface area contributed by atoms with Crippen LogP contribution in [0.1, 0.15) is 28.3 Å². The maximum Gasteiger partial charge on any atom is 0.345 e. The van der Waals surface area contributed by atoms with Crippen LogP contribution in [0, 0.1) is 5.92 Å². The van der Waals surface area contributed by atoms with Crippen LogP contribution in [0.4, 0.5) is 5.69 Å². The lowest BCUT2D eigenvalue weighted by atomic mass is 9.79. The zero-order chi connectivity index (χ0) is 19.1. The van der Waals surface area contributed by atoms with Crippen LogP contribution < -0.4 is 10.1 Å². The normalized spacial score (nSPS) is 22.5. The van der Waals surface area contributed by atoms with Crippen LogP contribution in [0.3, 0.4) is 0 Å².